The molecule has 5 rings (SSSR count). The van der Waals surface area contributed by atoms with Crippen molar-refractivity contribution in [3.8, 4) is 5.75 Å². The van der Waals surface area contributed by atoms with Crippen LogP contribution in [-0.2, 0) is 11.2 Å². The van der Waals surface area contributed by atoms with Crippen LogP contribution in [0.2, 0.25) is 0 Å². The highest BCUT2D eigenvalue weighted by Crippen LogP contribution is 2.32. The monoisotopic (exact) mass is 547 g/mol. The predicted molar refractivity (Wildman–Crippen MR) is 139 cm³/mol. The van der Waals surface area contributed by atoms with Crippen LogP contribution in [0.4, 0.5) is 5.82 Å². The van der Waals surface area contributed by atoms with Gasteiger partial charge in [-0.1, -0.05) is 24.3 Å². The zero-order valence-electron chi connectivity index (χ0n) is 21.0. The van der Waals surface area contributed by atoms with E-state index in [0.717, 1.165) is 0 Å². The number of fused-ring (bicyclic) bond motifs is 1. The molecular formula is C27H25N5O8. The summed E-state index contributed by atoms with van der Waals surface area (Å²) in [6.45, 7) is -0.0496. The van der Waals surface area contributed by atoms with E-state index < -0.39 is 30.4 Å². The number of benzene rings is 2. The number of carboxylic acids is 2. The number of ketones is 1. The lowest BCUT2D eigenvalue weighted by Gasteiger charge is -2.17. The molecule has 0 saturated carbocycles. The van der Waals surface area contributed by atoms with Gasteiger partial charge in [-0.25, -0.2) is 24.5 Å². The van der Waals surface area contributed by atoms with Gasteiger partial charge in [0.05, 0.1) is 18.0 Å². The predicted octanol–water partition coefficient (Wildman–Crippen LogP) is 2.35. The smallest absolute Gasteiger partial charge is 0.339 e. The number of hydrogen-bond acceptors (Lipinski definition) is 10. The van der Waals surface area contributed by atoms with E-state index in [2.05, 4.69) is 15.0 Å². The average Bonchev–Trinajstić information content (AvgIpc) is 3.54. The van der Waals surface area contributed by atoms with Gasteiger partial charge in [-0.3, -0.25) is 9.36 Å². The standard InChI is InChI=1S/C27H25N5O8/c28-23-22-24(30-12-29-23)32(13-31-22)25-20(34)10-15(40-25)11-39-21-9-14(5-7-18(21)27(37)38)6-8-19(33)16-3-1-2-4-17(16)26(35)36/h1-5,7,9,12-13,15,20,25,34H,6,8,10-11H2,(H,35,36)(H,37,38)(H2,28,29,30)/t15-,20+,25+/m0/s1. The van der Waals surface area contributed by atoms with E-state index in [0.29, 0.717) is 16.7 Å². The summed E-state index contributed by atoms with van der Waals surface area (Å²) >= 11 is 0. The van der Waals surface area contributed by atoms with E-state index in [-0.39, 0.29) is 59.9 Å². The Morgan fingerprint density at radius 2 is 1.77 bits per heavy atom. The van der Waals surface area contributed by atoms with Gasteiger partial charge in [-0.2, -0.15) is 0 Å². The van der Waals surface area contributed by atoms with Crippen LogP contribution in [0.5, 0.6) is 5.75 Å². The lowest BCUT2D eigenvalue weighted by molar-refractivity contribution is -0.0458. The number of ether oxygens (including phenoxy) is 2. The number of aliphatic hydroxyl groups excluding tert-OH is 1. The number of aromatic nitrogens is 4. The zero-order valence-corrected chi connectivity index (χ0v) is 21.0. The number of nitrogen functional groups attached to an aromatic ring is 1. The van der Waals surface area contributed by atoms with E-state index in [1.807, 2.05) is 0 Å². The van der Waals surface area contributed by atoms with E-state index in [4.69, 9.17) is 15.2 Å². The molecule has 1 aliphatic rings. The van der Waals surface area contributed by atoms with Crippen molar-refractivity contribution in [2.75, 3.05) is 12.3 Å². The summed E-state index contributed by atoms with van der Waals surface area (Å²) in [5.74, 6) is -2.45. The molecule has 206 valence electrons. The zero-order chi connectivity index (χ0) is 28.4. The van der Waals surface area contributed by atoms with E-state index in [9.17, 15) is 29.7 Å². The van der Waals surface area contributed by atoms with Crippen LogP contribution in [-0.4, -0.2) is 71.4 Å². The summed E-state index contributed by atoms with van der Waals surface area (Å²) in [6, 6.07) is 10.5. The Kier molecular flexibility index (Phi) is 7.40. The van der Waals surface area contributed by atoms with E-state index in [1.54, 1.807) is 22.8 Å². The summed E-state index contributed by atoms with van der Waals surface area (Å²) in [7, 11) is 0. The van der Waals surface area contributed by atoms with Gasteiger partial charge in [-0.15, -0.1) is 0 Å². The number of Topliss-reactive ketones (excluding diaryl/α,β-unsaturated/α-hetero) is 1. The van der Waals surface area contributed by atoms with Gasteiger partial charge < -0.3 is 30.5 Å². The molecule has 0 bridgehead atoms. The quantitative estimate of drug-likeness (QED) is 0.212. The SMILES string of the molecule is Nc1ncnc2c1ncn2[C@@H]1O[C@H](COc2cc(CCC(=O)c3ccccc3C(=O)O)ccc2C(=O)O)C[C@H]1O. The number of nitrogens with two attached hydrogens (primary N) is 1. The average molecular weight is 548 g/mol. The molecule has 1 saturated heterocycles. The van der Waals surface area contributed by atoms with Crippen molar-refractivity contribution < 1.29 is 39.2 Å². The first-order chi connectivity index (χ1) is 19.2. The van der Waals surface area contributed by atoms with E-state index in [1.165, 1.54) is 36.9 Å². The number of nitrogens with zero attached hydrogens (tertiary/aromatic N) is 4. The van der Waals surface area contributed by atoms with Gasteiger partial charge in [0.1, 0.15) is 35.9 Å². The largest absolute Gasteiger partial charge is 0.490 e. The Labute approximate surface area is 226 Å². The number of carbonyl (C=O) groups excluding carboxylic acids is 1. The summed E-state index contributed by atoms with van der Waals surface area (Å²) in [4.78, 5) is 48.2. The minimum atomic E-state index is -1.19. The second-order valence-corrected chi connectivity index (χ2v) is 9.26. The molecule has 0 aliphatic carbocycles. The fourth-order valence-electron chi connectivity index (χ4n) is 4.65. The fraction of sp³-hybridized carbons (Fsp3) is 0.259. The van der Waals surface area contributed by atoms with Crippen LogP contribution in [0.1, 0.15) is 55.7 Å². The Hall–Kier alpha value is -4.88. The molecule has 2 aromatic heterocycles. The van der Waals surface area contributed by atoms with Crippen molar-refractivity contribution in [3.05, 3.63) is 77.4 Å². The Bertz CT molecular complexity index is 1600. The highest BCUT2D eigenvalue weighted by atomic mass is 16.6. The Balaban J connectivity index is 1.26. The lowest BCUT2D eigenvalue weighted by atomic mass is 9.98. The first-order valence-corrected chi connectivity index (χ1v) is 12.3. The molecule has 13 heteroatoms. The second kappa shape index (κ2) is 11.1. The number of hydrogen-bond donors (Lipinski definition) is 4. The van der Waals surface area contributed by atoms with Gasteiger partial charge in [0.2, 0.25) is 0 Å². The van der Waals surface area contributed by atoms with Crippen LogP contribution in [0.25, 0.3) is 11.2 Å². The van der Waals surface area contributed by atoms with Crippen molar-refractivity contribution in [1.29, 1.82) is 0 Å². The minimum Gasteiger partial charge on any atom is -0.490 e. The number of carboxylic acid groups (broad SMARTS) is 2. The lowest BCUT2D eigenvalue weighted by Crippen LogP contribution is -2.20. The minimum absolute atomic E-state index is 0.0166. The fourth-order valence-corrected chi connectivity index (χ4v) is 4.65. The number of aliphatic hydroxyl groups is 1. The van der Waals surface area contributed by atoms with E-state index >= 15 is 0 Å². The molecule has 1 fully saturated rings. The molecule has 13 nitrogen and oxygen atoms in total. The third-order valence-corrected chi connectivity index (χ3v) is 6.63. The van der Waals surface area contributed by atoms with Crippen molar-refractivity contribution in [3.63, 3.8) is 0 Å². The van der Waals surface area contributed by atoms with Crippen molar-refractivity contribution >= 4 is 34.7 Å². The molecule has 0 radical (unpaired) electrons. The second-order valence-electron chi connectivity index (χ2n) is 9.26. The molecule has 5 N–H and O–H groups in total. The Morgan fingerprint density at radius 1 is 1.02 bits per heavy atom. The molecule has 0 amide bonds. The molecule has 4 aromatic rings. The van der Waals surface area contributed by atoms with Crippen molar-refractivity contribution in [2.24, 2.45) is 0 Å². The van der Waals surface area contributed by atoms with Crippen molar-refractivity contribution in [1.82, 2.24) is 19.5 Å². The molecular weight excluding hydrogens is 522 g/mol. The molecule has 0 unspecified atom stereocenters. The molecule has 1 aliphatic heterocycles. The number of rotatable bonds is 10. The maximum Gasteiger partial charge on any atom is 0.339 e. The number of carbonyl (C=O) groups is 3. The maximum absolute atomic E-state index is 12.7. The number of aromatic carboxylic acids is 2. The molecule has 3 atom stereocenters. The normalized spacial score (nSPS) is 18.6. The molecule has 2 aromatic carbocycles. The number of imidazole rings is 1. The highest BCUT2D eigenvalue weighted by molar-refractivity contribution is 6.05. The van der Waals surface area contributed by atoms with Crippen molar-refractivity contribution in [2.45, 2.75) is 37.7 Å². The van der Waals surface area contributed by atoms with Gasteiger partial charge in [0.25, 0.3) is 0 Å². The summed E-state index contributed by atoms with van der Waals surface area (Å²) in [5.41, 5.74) is 7.22. The van der Waals surface area contributed by atoms with Gasteiger partial charge in [0.15, 0.2) is 23.5 Å². The summed E-state index contributed by atoms with van der Waals surface area (Å²) in [5, 5.41) is 29.6. The summed E-state index contributed by atoms with van der Waals surface area (Å²) in [6.07, 6.45) is 0.919. The first-order valence-electron chi connectivity index (χ1n) is 12.3. The number of anilines is 1. The first kappa shape index (κ1) is 26.7. The van der Waals surface area contributed by atoms with Gasteiger partial charge in [-0.05, 0) is 30.2 Å². The number of aryl methyl sites for hydroxylation is 1. The molecule has 0 spiro atoms. The van der Waals surface area contributed by atoms with Crippen LogP contribution < -0.4 is 10.5 Å². The maximum atomic E-state index is 12.7. The third-order valence-electron chi connectivity index (χ3n) is 6.63. The van der Waals surface area contributed by atoms with Crippen LogP contribution >= 0.6 is 0 Å². The van der Waals surface area contributed by atoms with Crippen LogP contribution in [0.3, 0.4) is 0 Å². The Morgan fingerprint density at radius 3 is 2.52 bits per heavy atom. The van der Waals surface area contributed by atoms with Crippen LogP contribution in [0, 0.1) is 0 Å². The topological polar surface area (TPSA) is 200 Å². The van der Waals surface area contributed by atoms with Crippen LogP contribution in [0.15, 0.2) is 55.1 Å². The highest BCUT2D eigenvalue weighted by Gasteiger charge is 2.37. The molecule has 40 heavy (non-hydrogen) atoms. The third kappa shape index (κ3) is 5.32. The molecule has 3 heterocycles. The summed E-state index contributed by atoms with van der Waals surface area (Å²) < 4.78 is 13.4. The van der Waals surface area contributed by atoms with Gasteiger partial charge in [0, 0.05) is 18.4 Å². The van der Waals surface area contributed by atoms with Gasteiger partial charge >= 0.3 is 11.9 Å².